The molecule has 3 nitrogen and oxygen atoms in total. The molecule has 11 heavy (non-hydrogen) atoms. The summed E-state index contributed by atoms with van der Waals surface area (Å²) in [6.07, 6.45) is 3.31. The number of carbonyl (C=O) groups excluding carboxylic acids is 1. The molecule has 0 aromatic carbocycles. The molecule has 0 radical (unpaired) electrons. The molecule has 1 heterocycles. The Labute approximate surface area is 68.3 Å². The number of carbonyl (C=O) groups is 1. The second-order valence-electron chi connectivity index (χ2n) is 2.43. The Kier molecular flexibility index (Phi) is 7.15. The molecule has 0 atom stereocenters. The van der Waals surface area contributed by atoms with Crippen LogP contribution < -0.4 is 0 Å². The zero-order valence-corrected chi connectivity index (χ0v) is 7.38. The summed E-state index contributed by atoms with van der Waals surface area (Å²) in [5.74, 6) is 0. The molecule has 3 heteroatoms. The van der Waals surface area contributed by atoms with E-state index in [0.717, 1.165) is 26.1 Å². The third kappa shape index (κ3) is 5.85. The fraction of sp³-hybridized carbons (Fsp3) is 0.875. The quantitative estimate of drug-likeness (QED) is 0.560. The van der Waals surface area contributed by atoms with Gasteiger partial charge in [0.25, 0.3) is 0 Å². The lowest BCUT2D eigenvalue weighted by molar-refractivity contribution is -0.117. The van der Waals surface area contributed by atoms with Crippen LogP contribution in [0.1, 0.15) is 19.8 Å². The largest absolute Gasteiger partial charge is 0.385 e. The smallest absolute Gasteiger partial charge is 0.209 e. The van der Waals surface area contributed by atoms with E-state index < -0.39 is 0 Å². The van der Waals surface area contributed by atoms with E-state index in [4.69, 9.17) is 0 Å². The first-order chi connectivity index (χ1) is 5.35. The van der Waals surface area contributed by atoms with E-state index >= 15 is 0 Å². The van der Waals surface area contributed by atoms with Crippen LogP contribution in [0.4, 0.5) is 0 Å². The van der Waals surface area contributed by atoms with Gasteiger partial charge in [-0.2, -0.15) is 0 Å². The second-order valence-corrected chi connectivity index (χ2v) is 2.43. The maximum Gasteiger partial charge on any atom is 0.209 e. The number of ether oxygens (including phenoxy) is 1. The number of amides is 1. The van der Waals surface area contributed by atoms with Gasteiger partial charge >= 0.3 is 0 Å². The number of hydrogen-bond donors (Lipinski definition) is 0. The van der Waals surface area contributed by atoms with Gasteiger partial charge in [0.15, 0.2) is 0 Å². The zero-order chi connectivity index (χ0) is 8.53. The van der Waals surface area contributed by atoms with Gasteiger partial charge in [-0.1, -0.05) is 0 Å². The highest BCUT2D eigenvalue weighted by Gasteiger charge is 2.06. The number of rotatable bonds is 2. The molecule has 1 amide bonds. The van der Waals surface area contributed by atoms with Gasteiger partial charge in [0, 0.05) is 26.8 Å². The second kappa shape index (κ2) is 7.54. The van der Waals surface area contributed by atoms with Crippen LogP contribution in [0.3, 0.4) is 0 Å². The van der Waals surface area contributed by atoms with Crippen molar-refractivity contribution in [3.05, 3.63) is 0 Å². The van der Waals surface area contributed by atoms with Crippen molar-refractivity contribution >= 4 is 6.41 Å². The average Bonchev–Trinajstić information content (AvgIpc) is 2.56. The Balaban J connectivity index is 0.000000218. The molecule has 0 N–H and O–H groups in total. The van der Waals surface area contributed by atoms with E-state index in [9.17, 15) is 4.79 Å². The highest BCUT2D eigenvalue weighted by molar-refractivity contribution is 5.47. The normalized spacial score (nSPS) is 15.6. The third-order valence-electron chi connectivity index (χ3n) is 1.58. The minimum atomic E-state index is 0.819. The standard InChI is InChI=1S/C5H9NO.C3H8O/c7-5-6-3-1-2-4-6;1-3-4-2/h5H,1-4H2;3H2,1-2H3. The van der Waals surface area contributed by atoms with Crippen molar-refractivity contribution in [2.45, 2.75) is 19.8 Å². The van der Waals surface area contributed by atoms with E-state index in [1.807, 2.05) is 6.92 Å². The molecule has 1 aliphatic rings. The Morgan fingerprint density at radius 3 is 2.09 bits per heavy atom. The molecular weight excluding hydrogens is 142 g/mol. The molecule has 0 saturated carbocycles. The van der Waals surface area contributed by atoms with Crippen LogP contribution in [0, 0.1) is 0 Å². The van der Waals surface area contributed by atoms with Gasteiger partial charge < -0.3 is 9.64 Å². The van der Waals surface area contributed by atoms with Crippen molar-refractivity contribution in [3.8, 4) is 0 Å². The summed E-state index contributed by atoms with van der Waals surface area (Å²) >= 11 is 0. The molecule has 0 bridgehead atoms. The van der Waals surface area contributed by atoms with Crippen LogP contribution in [0.15, 0.2) is 0 Å². The van der Waals surface area contributed by atoms with E-state index in [1.165, 1.54) is 12.8 Å². The number of likely N-dealkylation sites (tertiary alicyclic amines) is 1. The Hall–Kier alpha value is -0.570. The Morgan fingerprint density at radius 1 is 1.45 bits per heavy atom. The first-order valence-corrected chi connectivity index (χ1v) is 4.03. The molecule has 1 aliphatic heterocycles. The lowest BCUT2D eigenvalue weighted by Crippen LogP contribution is -2.15. The van der Waals surface area contributed by atoms with E-state index in [0.29, 0.717) is 0 Å². The van der Waals surface area contributed by atoms with E-state index in [2.05, 4.69) is 4.74 Å². The van der Waals surface area contributed by atoms with Crippen molar-refractivity contribution in [1.29, 1.82) is 0 Å². The minimum Gasteiger partial charge on any atom is -0.385 e. The summed E-state index contributed by atoms with van der Waals surface area (Å²) in [6.45, 7) is 4.73. The van der Waals surface area contributed by atoms with Crippen molar-refractivity contribution in [2.24, 2.45) is 0 Å². The van der Waals surface area contributed by atoms with Gasteiger partial charge in [0.1, 0.15) is 0 Å². The predicted octanol–water partition coefficient (Wildman–Crippen LogP) is 0.891. The third-order valence-corrected chi connectivity index (χ3v) is 1.58. The fourth-order valence-electron chi connectivity index (χ4n) is 0.847. The monoisotopic (exact) mass is 159 g/mol. The minimum absolute atomic E-state index is 0.819. The topological polar surface area (TPSA) is 29.5 Å². The molecule has 66 valence electrons. The molecule has 0 aliphatic carbocycles. The maximum atomic E-state index is 9.93. The number of nitrogens with zero attached hydrogens (tertiary/aromatic N) is 1. The molecule has 1 fully saturated rings. The van der Waals surface area contributed by atoms with E-state index in [-0.39, 0.29) is 0 Å². The summed E-state index contributed by atoms with van der Waals surface area (Å²) < 4.78 is 4.54. The van der Waals surface area contributed by atoms with Gasteiger partial charge in [-0.05, 0) is 19.8 Å². The average molecular weight is 159 g/mol. The van der Waals surface area contributed by atoms with Crippen LogP contribution in [0.5, 0.6) is 0 Å². The van der Waals surface area contributed by atoms with Gasteiger partial charge in [0.2, 0.25) is 6.41 Å². The predicted molar refractivity (Wildman–Crippen MR) is 44.4 cm³/mol. The Morgan fingerprint density at radius 2 is 1.91 bits per heavy atom. The molecule has 0 aromatic rings. The summed E-state index contributed by atoms with van der Waals surface area (Å²) in [7, 11) is 1.68. The van der Waals surface area contributed by atoms with Crippen LogP contribution in [-0.4, -0.2) is 38.1 Å². The Bertz CT molecular complexity index is 88.1. The van der Waals surface area contributed by atoms with Crippen LogP contribution in [0.2, 0.25) is 0 Å². The highest BCUT2D eigenvalue weighted by atomic mass is 16.5. The maximum absolute atomic E-state index is 9.93. The SMILES string of the molecule is CCOC.O=CN1CCCC1. The first kappa shape index (κ1) is 10.4. The summed E-state index contributed by atoms with van der Waals surface area (Å²) in [5.41, 5.74) is 0. The summed E-state index contributed by atoms with van der Waals surface area (Å²) in [4.78, 5) is 11.7. The van der Waals surface area contributed by atoms with Crippen molar-refractivity contribution in [3.63, 3.8) is 0 Å². The molecule has 0 unspecified atom stereocenters. The number of methoxy groups -OCH3 is 1. The first-order valence-electron chi connectivity index (χ1n) is 4.03. The van der Waals surface area contributed by atoms with Gasteiger partial charge in [-0.15, -0.1) is 0 Å². The molecule has 1 rings (SSSR count). The van der Waals surface area contributed by atoms with Gasteiger partial charge in [-0.3, -0.25) is 4.79 Å². The molecule has 1 saturated heterocycles. The molecule has 0 aromatic heterocycles. The summed E-state index contributed by atoms with van der Waals surface area (Å²) in [6, 6.07) is 0. The zero-order valence-electron chi connectivity index (χ0n) is 7.38. The lowest BCUT2D eigenvalue weighted by Gasteiger charge is -2.03. The van der Waals surface area contributed by atoms with Crippen LogP contribution in [-0.2, 0) is 9.53 Å². The van der Waals surface area contributed by atoms with Crippen LogP contribution >= 0.6 is 0 Å². The van der Waals surface area contributed by atoms with Gasteiger partial charge in [0.05, 0.1) is 0 Å². The van der Waals surface area contributed by atoms with Crippen molar-refractivity contribution in [1.82, 2.24) is 4.90 Å². The highest BCUT2D eigenvalue weighted by Crippen LogP contribution is 2.02. The molecule has 0 spiro atoms. The van der Waals surface area contributed by atoms with Crippen molar-refractivity contribution in [2.75, 3.05) is 26.8 Å². The van der Waals surface area contributed by atoms with Gasteiger partial charge in [-0.25, -0.2) is 0 Å². The van der Waals surface area contributed by atoms with Crippen molar-refractivity contribution < 1.29 is 9.53 Å². The summed E-state index contributed by atoms with van der Waals surface area (Å²) in [5, 5.41) is 0. The lowest BCUT2D eigenvalue weighted by atomic mass is 10.4. The van der Waals surface area contributed by atoms with E-state index in [1.54, 1.807) is 12.0 Å². The van der Waals surface area contributed by atoms with Crippen LogP contribution in [0.25, 0.3) is 0 Å². The number of hydrogen-bond acceptors (Lipinski definition) is 2. The molecular formula is C8H17NO2. The fourth-order valence-corrected chi connectivity index (χ4v) is 0.847.